The standard InChI is InChI=1S/C36H69N/c1-10-11-12-13-14-18-26-36(30-33(5)24-21-28-37(8)9)27-19-16-15-17-25-34(6)35(7)29-32(4)23-20-22-31(2)3/h10,31-32,34,36H,1,5,7,11-30H2,2-4,6,8-9H3. The first-order valence-electron chi connectivity index (χ1n) is 16.3. The third kappa shape index (κ3) is 24.0. The molecule has 0 aliphatic carbocycles. The average molecular weight is 516 g/mol. The van der Waals surface area contributed by atoms with Crippen LogP contribution in [0.5, 0.6) is 0 Å². The Balaban J connectivity index is 4.21. The minimum absolute atomic E-state index is 0.687. The molecule has 218 valence electrons. The Hall–Kier alpha value is -0.820. The van der Waals surface area contributed by atoms with Crippen LogP contribution in [0.4, 0.5) is 0 Å². The van der Waals surface area contributed by atoms with Gasteiger partial charge in [-0.25, -0.2) is 0 Å². The van der Waals surface area contributed by atoms with E-state index >= 15 is 0 Å². The fourth-order valence-electron chi connectivity index (χ4n) is 5.65. The third-order valence-corrected chi connectivity index (χ3v) is 8.27. The van der Waals surface area contributed by atoms with Crippen molar-refractivity contribution in [3.05, 3.63) is 37.0 Å². The molecule has 0 bridgehead atoms. The van der Waals surface area contributed by atoms with Crippen LogP contribution in [0, 0.1) is 23.7 Å². The number of hydrogen-bond donors (Lipinski definition) is 0. The number of nitrogens with zero attached hydrogens (tertiary/aromatic N) is 1. The minimum atomic E-state index is 0.687. The molecule has 0 spiro atoms. The largest absolute Gasteiger partial charge is 0.309 e. The molecule has 1 nitrogen and oxygen atoms in total. The predicted molar refractivity (Wildman–Crippen MR) is 171 cm³/mol. The van der Waals surface area contributed by atoms with Gasteiger partial charge in [0, 0.05) is 0 Å². The van der Waals surface area contributed by atoms with Crippen molar-refractivity contribution in [3.8, 4) is 0 Å². The van der Waals surface area contributed by atoms with E-state index in [-0.39, 0.29) is 0 Å². The van der Waals surface area contributed by atoms with Gasteiger partial charge >= 0.3 is 0 Å². The van der Waals surface area contributed by atoms with E-state index < -0.39 is 0 Å². The first-order chi connectivity index (χ1) is 17.6. The first kappa shape index (κ1) is 36.2. The van der Waals surface area contributed by atoms with Crippen LogP contribution in [0.1, 0.15) is 150 Å². The molecule has 0 rings (SSSR count). The molecule has 3 atom stereocenters. The summed E-state index contributed by atoms with van der Waals surface area (Å²) in [5, 5.41) is 0. The quantitative estimate of drug-likeness (QED) is 0.0776. The van der Waals surface area contributed by atoms with Gasteiger partial charge in [0.15, 0.2) is 0 Å². The van der Waals surface area contributed by atoms with E-state index in [0.717, 1.165) is 17.8 Å². The van der Waals surface area contributed by atoms with Crippen molar-refractivity contribution in [2.45, 2.75) is 150 Å². The van der Waals surface area contributed by atoms with Crippen LogP contribution < -0.4 is 0 Å². The van der Waals surface area contributed by atoms with Crippen LogP contribution in [0.3, 0.4) is 0 Å². The lowest BCUT2D eigenvalue weighted by atomic mass is 9.86. The summed E-state index contributed by atoms with van der Waals surface area (Å²) >= 11 is 0. The molecule has 0 aliphatic heterocycles. The zero-order valence-electron chi connectivity index (χ0n) is 26.6. The van der Waals surface area contributed by atoms with Crippen molar-refractivity contribution in [2.75, 3.05) is 20.6 Å². The molecule has 0 saturated heterocycles. The van der Waals surface area contributed by atoms with Gasteiger partial charge in [-0.3, -0.25) is 0 Å². The molecule has 0 aromatic heterocycles. The van der Waals surface area contributed by atoms with Crippen LogP contribution in [0.25, 0.3) is 0 Å². The van der Waals surface area contributed by atoms with E-state index in [0.29, 0.717) is 5.92 Å². The van der Waals surface area contributed by atoms with Gasteiger partial charge in [-0.2, -0.15) is 0 Å². The Morgan fingerprint density at radius 1 is 0.676 bits per heavy atom. The summed E-state index contributed by atoms with van der Waals surface area (Å²) in [5.74, 6) is 3.17. The summed E-state index contributed by atoms with van der Waals surface area (Å²) in [6.45, 7) is 23.5. The number of rotatable bonds is 27. The highest BCUT2D eigenvalue weighted by Gasteiger charge is 2.13. The Bertz CT molecular complexity index is 557. The topological polar surface area (TPSA) is 3.24 Å². The van der Waals surface area contributed by atoms with Gasteiger partial charge in [-0.15, -0.1) is 6.58 Å². The van der Waals surface area contributed by atoms with Crippen molar-refractivity contribution >= 4 is 0 Å². The van der Waals surface area contributed by atoms with Gasteiger partial charge in [0.25, 0.3) is 0 Å². The molecule has 0 heterocycles. The first-order valence-corrected chi connectivity index (χ1v) is 16.3. The maximum Gasteiger partial charge on any atom is -0.00218 e. The van der Waals surface area contributed by atoms with E-state index in [9.17, 15) is 0 Å². The van der Waals surface area contributed by atoms with Crippen LogP contribution in [-0.4, -0.2) is 25.5 Å². The van der Waals surface area contributed by atoms with Crippen molar-refractivity contribution in [1.29, 1.82) is 0 Å². The summed E-state index contributed by atoms with van der Waals surface area (Å²) in [5.41, 5.74) is 2.99. The third-order valence-electron chi connectivity index (χ3n) is 8.27. The molecule has 0 amide bonds. The van der Waals surface area contributed by atoms with E-state index in [2.05, 4.69) is 72.5 Å². The molecule has 3 unspecified atom stereocenters. The van der Waals surface area contributed by atoms with Crippen LogP contribution >= 0.6 is 0 Å². The van der Waals surface area contributed by atoms with Crippen LogP contribution in [0.2, 0.25) is 0 Å². The maximum atomic E-state index is 4.47. The van der Waals surface area contributed by atoms with Gasteiger partial charge in [0.2, 0.25) is 0 Å². The van der Waals surface area contributed by atoms with Gasteiger partial charge in [0.1, 0.15) is 0 Å². The van der Waals surface area contributed by atoms with E-state index in [1.54, 1.807) is 0 Å². The van der Waals surface area contributed by atoms with Crippen molar-refractivity contribution in [3.63, 3.8) is 0 Å². The molecule has 0 saturated carbocycles. The number of unbranched alkanes of at least 4 members (excludes halogenated alkanes) is 7. The number of hydrogen-bond acceptors (Lipinski definition) is 1. The minimum Gasteiger partial charge on any atom is -0.309 e. The molecular formula is C36H69N. The lowest BCUT2D eigenvalue weighted by Gasteiger charge is -2.20. The molecule has 0 aromatic rings. The number of allylic oxidation sites excluding steroid dienone is 3. The molecule has 0 N–H and O–H groups in total. The molecule has 0 fully saturated rings. The highest BCUT2D eigenvalue weighted by molar-refractivity contribution is 5.00. The molecule has 37 heavy (non-hydrogen) atoms. The van der Waals surface area contributed by atoms with Crippen LogP contribution in [-0.2, 0) is 0 Å². The normalized spacial score (nSPS) is 14.2. The van der Waals surface area contributed by atoms with Gasteiger partial charge in [-0.1, -0.05) is 135 Å². The smallest absolute Gasteiger partial charge is 0.00218 e. The molecule has 1 heteroatoms. The zero-order valence-corrected chi connectivity index (χ0v) is 26.6. The molecule has 0 radical (unpaired) electrons. The van der Waals surface area contributed by atoms with Crippen molar-refractivity contribution in [2.24, 2.45) is 23.7 Å². The highest BCUT2D eigenvalue weighted by atomic mass is 15.0. The van der Waals surface area contributed by atoms with Crippen molar-refractivity contribution in [1.82, 2.24) is 4.90 Å². The van der Waals surface area contributed by atoms with Gasteiger partial charge < -0.3 is 4.90 Å². The second-order valence-electron chi connectivity index (χ2n) is 13.2. The fourth-order valence-corrected chi connectivity index (χ4v) is 5.65. The summed E-state index contributed by atoms with van der Waals surface area (Å²) in [7, 11) is 4.34. The van der Waals surface area contributed by atoms with Gasteiger partial charge in [0.05, 0.1) is 0 Å². The maximum absolute atomic E-state index is 4.47. The Labute approximate surface area is 235 Å². The summed E-state index contributed by atoms with van der Waals surface area (Å²) in [6.07, 6.45) is 27.4. The van der Waals surface area contributed by atoms with Crippen molar-refractivity contribution < 1.29 is 0 Å². The Morgan fingerprint density at radius 3 is 1.84 bits per heavy atom. The summed E-state index contributed by atoms with van der Waals surface area (Å²) < 4.78 is 0. The molecule has 0 aliphatic rings. The Morgan fingerprint density at radius 2 is 1.27 bits per heavy atom. The average Bonchev–Trinajstić information content (AvgIpc) is 2.82. The Kier molecular flexibility index (Phi) is 23.7. The van der Waals surface area contributed by atoms with Crippen LogP contribution in [0.15, 0.2) is 37.0 Å². The SMILES string of the molecule is C=CCCCCCCC(CCCCCCC(C)C(=C)CC(C)CCCC(C)C)CC(=C)CCCN(C)C. The zero-order chi connectivity index (χ0) is 27.9. The van der Waals surface area contributed by atoms with E-state index in [1.807, 2.05) is 0 Å². The second-order valence-corrected chi connectivity index (χ2v) is 13.2. The predicted octanol–water partition coefficient (Wildman–Crippen LogP) is 11.8. The summed E-state index contributed by atoms with van der Waals surface area (Å²) in [6, 6.07) is 0. The molecule has 0 aromatic carbocycles. The second kappa shape index (κ2) is 24.2. The van der Waals surface area contributed by atoms with E-state index in [1.165, 1.54) is 140 Å². The lowest BCUT2D eigenvalue weighted by Crippen LogP contribution is -2.13. The monoisotopic (exact) mass is 516 g/mol. The van der Waals surface area contributed by atoms with E-state index in [4.69, 9.17) is 0 Å². The highest BCUT2D eigenvalue weighted by Crippen LogP contribution is 2.28. The fraction of sp³-hybridized carbons (Fsp3) is 0.833. The van der Waals surface area contributed by atoms with Gasteiger partial charge in [-0.05, 0) is 89.3 Å². The lowest BCUT2D eigenvalue weighted by molar-refractivity contribution is 0.382. The summed E-state index contributed by atoms with van der Waals surface area (Å²) in [4.78, 5) is 2.29. The molecular weight excluding hydrogens is 446 g/mol.